The molecule has 0 aromatic heterocycles. The molecule has 1 N–H and O–H groups in total. The van der Waals surface area contributed by atoms with Crippen LogP contribution in [0.4, 0.5) is 0 Å². The Kier molecular flexibility index (Phi) is 7.81. The Hall–Kier alpha value is -0.340. The minimum atomic E-state index is 0.131. The van der Waals surface area contributed by atoms with Gasteiger partial charge in [0.2, 0.25) is 0 Å². The van der Waals surface area contributed by atoms with E-state index in [0.29, 0.717) is 6.10 Å². The number of aliphatic hydroxyl groups is 1. The molecule has 2 nitrogen and oxygen atoms in total. The molecule has 0 fully saturated rings. The van der Waals surface area contributed by atoms with Gasteiger partial charge in [0.05, 0.1) is 12.7 Å². The van der Waals surface area contributed by atoms with Gasteiger partial charge in [-0.15, -0.1) is 0 Å². The average Bonchev–Trinajstić information content (AvgIpc) is 2.12. The van der Waals surface area contributed by atoms with Crippen molar-refractivity contribution >= 4 is 0 Å². The molecule has 0 aromatic carbocycles. The van der Waals surface area contributed by atoms with Gasteiger partial charge in [-0.25, -0.2) is 0 Å². The minimum Gasteiger partial charge on any atom is -0.392 e. The highest BCUT2D eigenvalue weighted by Crippen LogP contribution is 2.15. The first kappa shape index (κ1) is 13.7. The Morgan fingerprint density at radius 3 is 2.43 bits per heavy atom. The number of rotatable bonds is 7. The second-order valence-corrected chi connectivity index (χ2v) is 4.27. The van der Waals surface area contributed by atoms with Crippen molar-refractivity contribution in [2.45, 2.75) is 46.1 Å². The van der Waals surface area contributed by atoms with Gasteiger partial charge in [-0.1, -0.05) is 25.5 Å². The lowest BCUT2D eigenvalue weighted by molar-refractivity contribution is 0.0904. The summed E-state index contributed by atoms with van der Waals surface area (Å²) in [4.78, 5) is 0. The van der Waals surface area contributed by atoms with Crippen LogP contribution in [0.1, 0.15) is 40.0 Å². The Morgan fingerprint density at radius 2 is 2.00 bits per heavy atom. The Balaban J connectivity index is 3.84. The molecule has 0 heterocycles. The molecular weight excluding hydrogens is 176 g/mol. The van der Waals surface area contributed by atoms with Crippen LogP contribution in [0.2, 0.25) is 0 Å². The summed E-state index contributed by atoms with van der Waals surface area (Å²) in [7, 11) is 1.76. The highest BCUT2D eigenvalue weighted by Gasteiger charge is 2.08. The lowest BCUT2D eigenvalue weighted by atomic mass is 10.0. The SMILES string of the molecule is COC(CCC(C)C)C/C(C)=C/CO. The van der Waals surface area contributed by atoms with Crippen molar-refractivity contribution in [3.63, 3.8) is 0 Å². The summed E-state index contributed by atoms with van der Waals surface area (Å²) in [6.45, 7) is 6.62. The molecule has 14 heavy (non-hydrogen) atoms. The van der Waals surface area contributed by atoms with Crippen LogP contribution in [0.15, 0.2) is 11.6 Å². The van der Waals surface area contributed by atoms with E-state index in [1.54, 1.807) is 7.11 Å². The molecule has 0 amide bonds. The van der Waals surface area contributed by atoms with Crippen molar-refractivity contribution in [2.24, 2.45) is 5.92 Å². The number of ether oxygens (including phenoxy) is 1. The predicted octanol–water partition coefficient (Wildman–Crippen LogP) is 2.77. The van der Waals surface area contributed by atoms with Gasteiger partial charge in [0.15, 0.2) is 0 Å². The van der Waals surface area contributed by atoms with E-state index in [2.05, 4.69) is 13.8 Å². The summed E-state index contributed by atoms with van der Waals surface area (Å²) >= 11 is 0. The molecule has 0 spiro atoms. The summed E-state index contributed by atoms with van der Waals surface area (Å²) < 4.78 is 5.40. The smallest absolute Gasteiger partial charge is 0.0614 e. The first-order valence-electron chi connectivity index (χ1n) is 5.39. The topological polar surface area (TPSA) is 29.5 Å². The van der Waals surface area contributed by atoms with Crippen molar-refractivity contribution in [3.05, 3.63) is 11.6 Å². The van der Waals surface area contributed by atoms with Crippen LogP contribution in [0.3, 0.4) is 0 Å². The van der Waals surface area contributed by atoms with Gasteiger partial charge in [0.25, 0.3) is 0 Å². The molecule has 0 radical (unpaired) electrons. The molecule has 0 aliphatic carbocycles. The maximum atomic E-state index is 8.72. The van der Waals surface area contributed by atoms with Crippen LogP contribution in [0.5, 0.6) is 0 Å². The number of hydrogen-bond acceptors (Lipinski definition) is 2. The van der Waals surface area contributed by atoms with Crippen molar-refractivity contribution in [1.29, 1.82) is 0 Å². The maximum absolute atomic E-state index is 8.72. The van der Waals surface area contributed by atoms with Crippen molar-refractivity contribution in [1.82, 2.24) is 0 Å². The van der Waals surface area contributed by atoms with Gasteiger partial charge < -0.3 is 9.84 Å². The third-order valence-electron chi connectivity index (χ3n) is 2.39. The number of methoxy groups -OCH3 is 1. The highest BCUT2D eigenvalue weighted by atomic mass is 16.5. The molecule has 84 valence electrons. The number of hydrogen-bond donors (Lipinski definition) is 1. The third-order valence-corrected chi connectivity index (χ3v) is 2.39. The molecule has 0 aliphatic heterocycles. The molecule has 0 bridgehead atoms. The van der Waals surface area contributed by atoms with E-state index in [4.69, 9.17) is 9.84 Å². The average molecular weight is 200 g/mol. The fourth-order valence-corrected chi connectivity index (χ4v) is 1.42. The van der Waals surface area contributed by atoms with Gasteiger partial charge in [-0.2, -0.15) is 0 Å². The van der Waals surface area contributed by atoms with Crippen LogP contribution >= 0.6 is 0 Å². The van der Waals surface area contributed by atoms with Gasteiger partial charge in [0.1, 0.15) is 0 Å². The molecule has 0 aromatic rings. The van der Waals surface area contributed by atoms with Crippen LogP contribution in [-0.2, 0) is 4.74 Å². The first-order valence-corrected chi connectivity index (χ1v) is 5.39. The molecule has 0 saturated heterocycles. The summed E-state index contributed by atoms with van der Waals surface area (Å²) in [5, 5.41) is 8.72. The summed E-state index contributed by atoms with van der Waals surface area (Å²) in [6, 6.07) is 0. The third kappa shape index (κ3) is 7.10. The largest absolute Gasteiger partial charge is 0.392 e. The number of aliphatic hydroxyl groups excluding tert-OH is 1. The fraction of sp³-hybridized carbons (Fsp3) is 0.833. The Bertz CT molecular complexity index is 162. The standard InChI is InChI=1S/C12H24O2/c1-10(2)5-6-12(14-4)9-11(3)7-8-13/h7,10,12-13H,5-6,8-9H2,1-4H3/b11-7+. The van der Waals surface area contributed by atoms with Crippen LogP contribution in [-0.4, -0.2) is 24.9 Å². The molecule has 0 aliphatic rings. The molecular formula is C12H24O2. The van der Waals surface area contributed by atoms with Gasteiger partial charge in [-0.3, -0.25) is 0 Å². The van der Waals surface area contributed by atoms with Crippen LogP contribution < -0.4 is 0 Å². The van der Waals surface area contributed by atoms with Crippen molar-refractivity contribution in [2.75, 3.05) is 13.7 Å². The van der Waals surface area contributed by atoms with Crippen molar-refractivity contribution < 1.29 is 9.84 Å². The predicted molar refractivity (Wildman–Crippen MR) is 60.3 cm³/mol. The summed E-state index contributed by atoms with van der Waals surface area (Å²) in [5.74, 6) is 0.731. The Morgan fingerprint density at radius 1 is 1.36 bits per heavy atom. The van der Waals surface area contributed by atoms with Crippen LogP contribution in [0, 0.1) is 5.92 Å². The second kappa shape index (κ2) is 8.01. The van der Waals surface area contributed by atoms with Gasteiger partial charge in [-0.05, 0) is 32.1 Å². The fourth-order valence-electron chi connectivity index (χ4n) is 1.42. The lowest BCUT2D eigenvalue weighted by Gasteiger charge is -2.16. The van der Waals surface area contributed by atoms with E-state index in [1.165, 1.54) is 12.0 Å². The first-order chi connectivity index (χ1) is 6.60. The van der Waals surface area contributed by atoms with Crippen LogP contribution in [0.25, 0.3) is 0 Å². The van der Waals surface area contributed by atoms with E-state index in [1.807, 2.05) is 13.0 Å². The molecule has 2 heteroatoms. The van der Waals surface area contributed by atoms with Gasteiger partial charge in [0, 0.05) is 7.11 Å². The summed E-state index contributed by atoms with van der Waals surface area (Å²) in [5.41, 5.74) is 1.21. The maximum Gasteiger partial charge on any atom is 0.0614 e. The Labute approximate surface area is 88.0 Å². The normalized spacial score (nSPS) is 14.9. The summed E-state index contributed by atoms with van der Waals surface area (Å²) in [6.07, 6.45) is 5.39. The zero-order chi connectivity index (χ0) is 11.0. The van der Waals surface area contributed by atoms with E-state index in [-0.39, 0.29) is 6.61 Å². The van der Waals surface area contributed by atoms with E-state index < -0.39 is 0 Å². The minimum absolute atomic E-state index is 0.131. The van der Waals surface area contributed by atoms with E-state index in [9.17, 15) is 0 Å². The van der Waals surface area contributed by atoms with E-state index in [0.717, 1.165) is 18.8 Å². The molecule has 0 rings (SSSR count). The lowest BCUT2D eigenvalue weighted by Crippen LogP contribution is -2.12. The quantitative estimate of drug-likeness (QED) is 0.640. The molecule has 1 atom stereocenters. The second-order valence-electron chi connectivity index (χ2n) is 4.27. The van der Waals surface area contributed by atoms with E-state index >= 15 is 0 Å². The van der Waals surface area contributed by atoms with Gasteiger partial charge >= 0.3 is 0 Å². The van der Waals surface area contributed by atoms with Crippen molar-refractivity contribution in [3.8, 4) is 0 Å². The molecule has 1 unspecified atom stereocenters. The highest BCUT2D eigenvalue weighted by molar-refractivity contribution is 4.99. The monoisotopic (exact) mass is 200 g/mol. The zero-order valence-electron chi connectivity index (χ0n) is 9.92. The zero-order valence-corrected chi connectivity index (χ0v) is 9.92. The molecule has 0 saturated carbocycles.